The predicted octanol–water partition coefficient (Wildman–Crippen LogP) is 1.45. The first-order chi connectivity index (χ1) is 13.9. The molecule has 0 aliphatic rings. The average molecular weight is 412 g/mol. The van der Waals surface area contributed by atoms with Crippen LogP contribution in [0.25, 0.3) is 5.69 Å². The van der Waals surface area contributed by atoms with E-state index in [-0.39, 0.29) is 24.6 Å². The van der Waals surface area contributed by atoms with Gasteiger partial charge in [0.1, 0.15) is 6.33 Å². The zero-order valence-corrected chi connectivity index (χ0v) is 16.3. The molecule has 0 saturated heterocycles. The fourth-order valence-corrected chi connectivity index (χ4v) is 3.68. The van der Waals surface area contributed by atoms with Crippen molar-refractivity contribution in [3.8, 4) is 5.69 Å². The van der Waals surface area contributed by atoms with Crippen LogP contribution in [0, 0.1) is 0 Å². The van der Waals surface area contributed by atoms with Crippen molar-refractivity contribution in [3.05, 3.63) is 78.6 Å². The molecule has 3 aromatic rings. The topological polar surface area (TPSA) is 119 Å². The van der Waals surface area contributed by atoms with Crippen molar-refractivity contribution in [1.82, 2.24) is 24.9 Å². The van der Waals surface area contributed by atoms with Crippen LogP contribution in [0.5, 0.6) is 0 Å². The molecular formula is C19H20N6O3S. The van der Waals surface area contributed by atoms with Crippen molar-refractivity contribution in [2.24, 2.45) is 0 Å². The van der Waals surface area contributed by atoms with Gasteiger partial charge in [-0.3, -0.25) is 4.79 Å². The molecular weight excluding hydrogens is 392 g/mol. The second kappa shape index (κ2) is 9.22. The highest BCUT2D eigenvalue weighted by Gasteiger charge is 2.11. The first kappa shape index (κ1) is 20.4. The smallest absolute Gasteiger partial charge is 0.228 e. The van der Waals surface area contributed by atoms with Crippen LogP contribution in [-0.4, -0.2) is 41.1 Å². The molecule has 29 heavy (non-hydrogen) atoms. The average Bonchev–Trinajstić information content (AvgIpc) is 3.23. The van der Waals surface area contributed by atoms with Crippen molar-refractivity contribution in [1.29, 1.82) is 0 Å². The van der Waals surface area contributed by atoms with Crippen LogP contribution in [-0.2, 0) is 27.0 Å². The number of nitrogens with zero attached hydrogens (tertiary/aromatic N) is 4. The van der Waals surface area contributed by atoms with Gasteiger partial charge in [-0.1, -0.05) is 30.3 Å². The third-order valence-corrected chi connectivity index (χ3v) is 5.28. The number of benzene rings is 2. The van der Waals surface area contributed by atoms with Gasteiger partial charge >= 0.3 is 0 Å². The molecule has 1 heterocycles. The molecule has 0 radical (unpaired) electrons. The highest BCUT2D eigenvalue weighted by atomic mass is 32.2. The minimum atomic E-state index is -3.42. The lowest BCUT2D eigenvalue weighted by Crippen LogP contribution is -2.25. The van der Waals surface area contributed by atoms with Gasteiger partial charge in [-0.15, -0.1) is 11.7 Å². The van der Waals surface area contributed by atoms with Crippen LogP contribution in [0.1, 0.15) is 11.1 Å². The maximum Gasteiger partial charge on any atom is 0.228 e. The first-order valence-electron chi connectivity index (χ1n) is 8.74. The minimum Gasteiger partial charge on any atom is -0.326 e. The van der Waals surface area contributed by atoms with E-state index in [1.165, 1.54) is 17.1 Å². The number of sulfonamides is 1. The summed E-state index contributed by atoms with van der Waals surface area (Å²) in [6, 6.07) is 14.0. The Morgan fingerprint density at radius 1 is 1.07 bits per heavy atom. The van der Waals surface area contributed by atoms with Crippen LogP contribution in [0.4, 0.5) is 5.69 Å². The summed E-state index contributed by atoms with van der Waals surface area (Å²) >= 11 is 0. The number of hydrogen-bond acceptors (Lipinski definition) is 6. The Morgan fingerprint density at radius 2 is 1.76 bits per heavy atom. The largest absolute Gasteiger partial charge is 0.326 e. The Balaban J connectivity index is 1.54. The van der Waals surface area contributed by atoms with E-state index in [9.17, 15) is 13.2 Å². The third kappa shape index (κ3) is 6.06. The highest BCUT2D eigenvalue weighted by Crippen LogP contribution is 2.13. The van der Waals surface area contributed by atoms with E-state index >= 15 is 0 Å². The summed E-state index contributed by atoms with van der Waals surface area (Å²) in [4.78, 5) is 12.3. The fourth-order valence-electron chi connectivity index (χ4n) is 2.58. The molecule has 0 saturated carbocycles. The van der Waals surface area contributed by atoms with Crippen molar-refractivity contribution < 1.29 is 13.2 Å². The van der Waals surface area contributed by atoms with Gasteiger partial charge in [-0.05, 0) is 45.8 Å². The molecule has 2 aromatic carbocycles. The van der Waals surface area contributed by atoms with Gasteiger partial charge in [0.2, 0.25) is 15.9 Å². The van der Waals surface area contributed by atoms with Gasteiger partial charge in [-0.25, -0.2) is 17.8 Å². The Labute approximate surface area is 168 Å². The highest BCUT2D eigenvalue weighted by molar-refractivity contribution is 7.88. The van der Waals surface area contributed by atoms with Crippen LogP contribution in [0.3, 0.4) is 0 Å². The summed E-state index contributed by atoms with van der Waals surface area (Å²) in [7, 11) is -3.42. The molecule has 9 nitrogen and oxygen atoms in total. The zero-order chi connectivity index (χ0) is 20.7. The molecule has 0 unspecified atom stereocenters. The Kier molecular flexibility index (Phi) is 6.47. The number of anilines is 1. The van der Waals surface area contributed by atoms with E-state index in [2.05, 4.69) is 32.1 Å². The molecule has 2 N–H and O–H groups in total. The van der Waals surface area contributed by atoms with Crippen molar-refractivity contribution in [3.63, 3.8) is 0 Å². The molecule has 0 fully saturated rings. The van der Waals surface area contributed by atoms with Crippen molar-refractivity contribution in [2.75, 3.05) is 11.9 Å². The maximum atomic E-state index is 12.3. The van der Waals surface area contributed by atoms with Gasteiger partial charge in [0.25, 0.3) is 0 Å². The number of carbonyl (C=O) groups is 1. The summed E-state index contributed by atoms with van der Waals surface area (Å²) in [5, 5.41) is 13.8. The summed E-state index contributed by atoms with van der Waals surface area (Å²) in [5.41, 5.74) is 2.86. The number of rotatable bonds is 9. The zero-order valence-electron chi connectivity index (χ0n) is 15.5. The van der Waals surface area contributed by atoms with E-state index in [0.717, 1.165) is 11.3 Å². The lowest BCUT2D eigenvalue weighted by molar-refractivity contribution is -0.115. The van der Waals surface area contributed by atoms with Gasteiger partial charge in [0.05, 0.1) is 17.9 Å². The lowest BCUT2D eigenvalue weighted by Gasteiger charge is -2.08. The number of carbonyl (C=O) groups excluding carboxylic acids is 1. The third-order valence-electron chi connectivity index (χ3n) is 3.96. The first-order valence-corrected chi connectivity index (χ1v) is 10.4. The van der Waals surface area contributed by atoms with Gasteiger partial charge in [0.15, 0.2) is 0 Å². The molecule has 0 aliphatic heterocycles. The van der Waals surface area contributed by atoms with Crippen molar-refractivity contribution >= 4 is 21.6 Å². The van der Waals surface area contributed by atoms with Crippen molar-refractivity contribution in [2.45, 2.75) is 12.2 Å². The summed E-state index contributed by atoms with van der Waals surface area (Å²) < 4.78 is 27.7. The Morgan fingerprint density at radius 3 is 2.38 bits per heavy atom. The van der Waals surface area contributed by atoms with Crippen LogP contribution >= 0.6 is 0 Å². The summed E-state index contributed by atoms with van der Waals surface area (Å²) in [6.07, 6.45) is 3.18. The molecule has 0 atom stereocenters. The number of hydrogen-bond donors (Lipinski definition) is 2. The van der Waals surface area contributed by atoms with Gasteiger partial charge in [-0.2, -0.15) is 0 Å². The van der Waals surface area contributed by atoms with Crippen LogP contribution < -0.4 is 10.0 Å². The lowest BCUT2D eigenvalue weighted by atomic mass is 10.1. The summed E-state index contributed by atoms with van der Waals surface area (Å²) in [6.45, 7) is 3.67. The van der Waals surface area contributed by atoms with E-state index in [1.54, 1.807) is 24.3 Å². The molecule has 10 heteroatoms. The molecule has 0 aliphatic carbocycles. The van der Waals surface area contributed by atoms with E-state index in [4.69, 9.17) is 0 Å². The molecule has 1 amide bonds. The van der Waals surface area contributed by atoms with E-state index in [1.807, 2.05) is 24.3 Å². The molecule has 0 bridgehead atoms. The molecule has 150 valence electrons. The monoisotopic (exact) mass is 412 g/mol. The van der Waals surface area contributed by atoms with E-state index in [0.29, 0.717) is 11.3 Å². The second-order valence-electron chi connectivity index (χ2n) is 6.24. The number of nitrogens with one attached hydrogen (secondary N) is 2. The molecule has 3 rings (SSSR count). The second-order valence-corrected chi connectivity index (χ2v) is 8.05. The van der Waals surface area contributed by atoms with Gasteiger partial charge in [0, 0.05) is 12.2 Å². The van der Waals surface area contributed by atoms with E-state index < -0.39 is 10.0 Å². The maximum absolute atomic E-state index is 12.3. The number of amides is 1. The predicted molar refractivity (Wildman–Crippen MR) is 109 cm³/mol. The standard InChI is InChI=1S/C19H20N6O3S/c1-2-11-21-29(27,28)13-16-3-7-17(8-4-16)22-19(26)12-15-5-9-18(10-6-15)25-14-20-23-24-25/h2-10,14,21H,1,11-13H2,(H,22,26). The minimum absolute atomic E-state index is 0.136. The van der Waals surface area contributed by atoms with Gasteiger partial charge < -0.3 is 5.32 Å². The van der Waals surface area contributed by atoms with Crippen LogP contribution in [0.15, 0.2) is 67.5 Å². The molecule has 0 spiro atoms. The summed E-state index contributed by atoms with van der Waals surface area (Å²) in [5.74, 6) is -0.309. The van der Waals surface area contributed by atoms with Crippen LogP contribution in [0.2, 0.25) is 0 Å². The number of aromatic nitrogens is 4. The normalized spacial score (nSPS) is 11.2. The number of tetrazole rings is 1. The molecule has 1 aromatic heterocycles. The SMILES string of the molecule is C=CCNS(=O)(=O)Cc1ccc(NC(=O)Cc2ccc(-n3cnnn3)cc2)cc1. The quantitative estimate of drug-likeness (QED) is 0.514. The Hall–Kier alpha value is -3.37. The Bertz CT molecular complexity index is 1060. The fraction of sp³-hybridized carbons (Fsp3) is 0.158.